The van der Waals surface area contributed by atoms with E-state index in [0.717, 1.165) is 44.8 Å². The van der Waals surface area contributed by atoms with E-state index in [1.165, 1.54) is 0 Å². The van der Waals surface area contributed by atoms with Gasteiger partial charge < -0.3 is 9.97 Å². The first-order chi connectivity index (χ1) is 16.4. The van der Waals surface area contributed by atoms with Gasteiger partial charge in [0.15, 0.2) is 0 Å². The molecule has 0 fully saturated rings. The molecule has 8 bridgehead atoms. The molecule has 2 aliphatic heterocycles. The van der Waals surface area contributed by atoms with Crippen molar-refractivity contribution in [3.63, 3.8) is 0 Å². The quantitative estimate of drug-likeness (QED) is 0.235. The monoisotopic (exact) mass is 496 g/mol. The zero-order valence-corrected chi connectivity index (χ0v) is 22.9. The van der Waals surface area contributed by atoms with Gasteiger partial charge in [0.05, 0.1) is 22.8 Å². The van der Waals surface area contributed by atoms with Gasteiger partial charge >= 0.3 is 65.8 Å². The molecule has 0 saturated carbocycles. The molecule has 6 rings (SSSR count). The Morgan fingerprint density at radius 2 is 0.853 bits per heavy atom. The number of hydrogen-bond donors (Lipinski definition) is 2. The fraction of sp³-hybridized carbons (Fsp3) is 0.103. The van der Waals surface area contributed by atoms with Crippen molar-refractivity contribution >= 4 is 50.5 Å². The second kappa shape index (κ2) is 9.36. The van der Waals surface area contributed by atoms with E-state index in [0.29, 0.717) is 0 Å². The molecule has 0 atom stereocenters. The summed E-state index contributed by atoms with van der Waals surface area (Å²) in [5.74, 6) is 0. The van der Waals surface area contributed by atoms with E-state index in [-0.39, 0.29) is 0 Å². The first kappa shape index (κ1) is 22.2. The topological polar surface area (TPSA) is 57.4 Å². The Morgan fingerprint density at radius 3 is 1.15 bits per heavy atom. The second-order valence-electron chi connectivity index (χ2n) is 10.6. The molecule has 5 heteroatoms. The van der Waals surface area contributed by atoms with Gasteiger partial charge in [-0.05, 0) is 72.8 Å². The van der Waals surface area contributed by atoms with Gasteiger partial charge in [-0.3, -0.25) is 0 Å². The number of benzene rings is 1. The Balaban J connectivity index is 0.000000204. The zero-order valence-electron chi connectivity index (χ0n) is 19.9. The van der Waals surface area contributed by atoms with Crippen LogP contribution in [0, 0.1) is 0 Å². The summed E-state index contributed by atoms with van der Waals surface area (Å²) in [6.45, 7) is 0. The summed E-state index contributed by atoms with van der Waals surface area (Å²) in [5.41, 5.74) is 15.2. The van der Waals surface area contributed by atoms with E-state index in [9.17, 15) is 0 Å². The molecule has 4 nitrogen and oxygen atoms in total. The van der Waals surface area contributed by atoms with Gasteiger partial charge in [0, 0.05) is 22.1 Å². The molecule has 34 heavy (non-hydrogen) atoms. The maximum absolute atomic E-state index is 4.63. The zero-order chi connectivity index (χ0) is 23.5. The average Bonchev–Trinajstić information content (AvgIpc) is 3.60. The van der Waals surface area contributed by atoms with Crippen LogP contribution < -0.4 is 4.16 Å². The van der Waals surface area contributed by atoms with Crippen LogP contribution in [-0.4, -0.2) is 19.9 Å². The van der Waals surface area contributed by atoms with Crippen molar-refractivity contribution in [3.05, 3.63) is 102 Å². The first-order valence-corrected chi connectivity index (χ1v) is 22.6. The van der Waals surface area contributed by atoms with E-state index in [4.69, 9.17) is 0 Å². The Morgan fingerprint density at radius 1 is 0.500 bits per heavy atom. The second-order valence-corrected chi connectivity index (χ2v) is 25.6. The standard InChI is InChI=1S/C20H14N4.C6H5.3CH3.Zn/c1-2-14-10-16-5-6-18(23-16)12-20-8-7-19(24-20)11-17-4-3-15(22-17)9-13(1)21-14;1-2-4-6-5-3-1;;;;/h1-12,21,24H;1-5H;3*1H3;. The third kappa shape index (κ3) is 5.49. The minimum absolute atomic E-state index is 0.939. The number of nitrogens with one attached hydrogen (secondary N) is 2. The molecule has 0 saturated heterocycles. The molecule has 3 aromatic heterocycles. The van der Waals surface area contributed by atoms with Crippen molar-refractivity contribution in [2.45, 2.75) is 16.6 Å². The molecule has 5 heterocycles. The van der Waals surface area contributed by atoms with Crippen LogP contribution in [0.2, 0.25) is 16.6 Å². The third-order valence-corrected chi connectivity index (χ3v) is 12.2. The van der Waals surface area contributed by atoms with Crippen LogP contribution in [0.4, 0.5) is 0 Å². The Hall–Kier alpha value is -3.56. The van der Waals surface area contributed by atoms with Gasteiger partial charge in [0.2, 0.25) is 0 Å². The molecule has 2 N–H and O–H groups in total. The maximum atomic E-state index is 4.63. The van der Waals surface area contributed by atoms with E-state index in [1.54, 1.807) is 4.16 Å². The summed E-state index contributed by atoms with van der Waals surface area (Å²) in [6, 6.07) is 27.3. The number of fused-ring (bicyclic) bond motifs is 8. The first-order valence-electron chi connectivity index (χ1n) is 12.2. The molecular weight excluding hydrogens is 470 g/mol. The van der Waals surface area contributed by atoms with Crippen molar-refractivity contribution in [1.29, 1.82) is 0 Å². The van der Waals surface area contributed by atoms with E-state index < -0.39 is 14.8 Å². The molecule has 166 valence electrons. The van der Waals surface area contributed by atoms with Gasteiger partial charge in [-0.15, -0.1) is 0 Å². The minimum atomic E-state index is -1.80. The Labute approximate surface area is 203 Å². The normalized spacial score (nSPS) is 11.9. The van der Waals surface area contributed by atoms with Gasteiger partial charge in [0.25, 0.3) is 0 Å². The van der Waals surface area contributed by atoms with Crippen LogP contribution in [0.1, 0.15) is 22.8 Å². The molecular formula is C29H28N4Zn. The molecule has 0 spiro atoms. The molecule has 0 aliphatic carbocycles. The number of rotatable bonds is 1. The van der Waals surface area contributed by atoms with Gasteiger partial charge in [-0.1, -0.05) is 0 Å². The van der Waals surface area contributed by atoms with Crippen LogP contribution >= 0.6 is 0 Å². The van der Waals surface area contributed by atoms with Crippen LogP contribution in [-0.2, 0) is 14.8 Å². The molecule has 1 aromatic carbocycles. The fourth-order valence-corrected chi connectivity index (χ4v) is 7.67. The van der Waals surface area contributed by atoms with Crippen molar-refractivity contribution in [2.75, 3.05) is 0 Å². The van der Waals surface area contributed by atoms with E-state index in [1.807, 2.05) is 48.6 Å². The summed E-state index contributed by atoms with van der Waals surface area (Å²) in [4.78, 5) is 16.0. The number of nitrogens with zero attached hydrogens (tertiary/aromatic N) is 2. The van der Waals surface area contributed by atoms with Crippen molar-refractivity contribution in [2.24, 2.45) is 0 Å². The van der Waals surface area contributed by atoms with Gasteiger partial charge in [-0.2, -0.15) is 0 Å². The predicted molar refractivity (Wildman–Crippen MR) is 143 cm³/mol. The Bertz CT molecular complexity index is 1360. The molecule has 0 unspecified atom stereocenters. The van der Waals surface area contributed by atoms with Gasteiger partial charge in [-0.25, -0.2) is 9.97 Å². The van der Waals surface area contributed by atoms with Crippen molar-refractivity contribution in [3.8, 4) is 0 Å². The van der Waals surface area contributed by atoms with Gasteiger partial charge in [0.1, 0.15) is 0 Å². The number of hydrogen-bond acceptors (Lipinski definition) is 2. The number of aromatic amines is 2. The van der Waals surface area contributed by atoms with Crippen molar-refractivity contribution < 1.29 is 14.8 Å². The van der Waals surface area contributed by atoms with Crippen LogP contribution in [0.15, 0.2) is 78.9 Å². The molecule has 0 amide bonds. The van der Waals surface area contributed by atoms with E-state index in [2.05, 4.69) is 91.1 Å². The predicted octanol–water partition coefficient (Wildman–Crippen LogP) is 7.27. The summed E-state index contributed by atoms with van der Waals surface area (Å²) < 4.78 is 1.62. The van der Waals surface area contributed by atoms with Crippen LogP contribution in [0.3, 0.4) is 0 Å². The summed E-state index contributed by atoms with van der Waals surface area (Å²) >= 11 is -1.80. The van der Waals surface area contributed by atoms with Crippen molar-refractivity contribution in [1.82, 2.24) is 19.9 Å². The average molecular weight is 498 g/mol. The van der Waals surface area contributed by atoms with Crippen LogP contribution in [0.25, 0.3) is 46.4 Å². The summed E-state index contributed by atoms with van der Waals surface area (Å²) in [5, 5.41) is 0. The summed E-state index contributed by atoms with van der Waals surface area (Å²) in [7, 11) is 0. The number of aromatic nitrogens is 4. The third-order valence-electron chi connectivity index (χ3n) is 6.11. The fourth-order valence-electron chi connectivity index (χ4n) is 4.13. The van der Waals surface area contributed by atoms with E-state index >= 15 is 0 Å². The number of H-pyrrole nitrogens is 2. The SMILES string of the molecule is C1=Cc2cc3ccc(cc4nc(cc5ccc(cc1n2)[nH]5)C=C4)[nH]3.[CH3][Zn]([CH3])([CH3])[c]1ccccc1. The molecule has 4 aromatic rings. The summed E-state index contributed by atoms with van der Waals surface area (Å²) in [6.07, 6.45) is 8.09. The van der Waals surface area contributed by atoms with Crippen LogP contribution in [0.5, 0.6) is 0 Å². The molecule has 2 aliphatic rings. The Kier molecular flexibility index (Phi) is 6.13. The molecule has 0 radical (unpaired) electrons.